The van der Waals surface area contributed by atoms with E-state index in [0.29, 0.717) is 11.8 Å². The minimum Gasteiger partial charge on any atom is -0.341 e. The van der Waals surface area contributed by atoms with Gasteiger partial charge in [-0.1, -0.05) is 27.2 Å². The van der Waals surface area contributed by atoms with Gasteiger partial charge in [0, 0.05) is 24.8 Å². The molecule has 0 aliphatic carbocycles. The maximum absolute atomic E-state index is 12.4. The second-order valence-corrected chi connectivity index (χ2v) is 6.69. The molecular weight excluding hydrogens is 278 g/mol. The van der Waals surface area contributed by atoms with Crippen molar-refractivity contribution in [2.45, 2.75) is 53.0 Å². The number of aromatic nitrogens is 2. The van der Waals surface area contributed by atoms with Crippen molar-refractivity contribution in [1.29, 1.82) is 0 Å². The standard InChI is InChI=1S/C17H27N3O2/c1-4-5-6-15-8-16(21)20(12-18-15)11-17(22)19-9-13(2)7-14(3)10-19/h8,12-14H,4-7,9-11H2,1-3H3. The normalized spacial score (nSPS) is 21.9. The highest BCUT2D eigenvalue weighted by atomic mass is 16.2. The van der Waals surface area contributed by atoms with Crippen molar-refractivity contribution in [2.75, 3.05) is 13.1 Å². The smallest absolute Gasteiger partial charge is 0.253 e. The fraction of sp³-hybridized carbons (Fsp3) is 0.706. The average Bonchev–Trinajstić information content (AvgIpc) is 2.46. The first-order valence-electron chi connectivity index (χ1n) is 8.32. The Balaban J connectivity index is 2.00. The summed E-state index contributed by atoms with van der Waals surface area (Å²) in [7, 11) is 0. The second-order valence-electron chi connectivity index (χ2n) is 6.69. The lowest BCUT2D eigenvalue weighted by atomic mass is 9.92. The number of amides is 1. The molecule has 5 heteroatoms. The molecule has 1 aromatic rings. The summed E-state index contributed by atoms with van der Waals surface area (Å²) in [6, 6.07) is 1.56. The van der Waals surface area contributed by atoms with Crippen molar-refractivity contribution >= 4 is 5.91 Å². The summed E-state index contributed by atoms with van der Waals surface area (Å²) in [5.74, 6) is 1.07. The summed E-state index contributed by atoms with van der Waals surface area (Å²) in [4.78, 5) is 30.7. The number of hydrogen-bond acceptors (Lipinski definition) is 3. The lowest BCUT2D eigenvalue weighted by Crippen LogP contribution is -2.44. The molecule has 1 saturated heterocycles. The van der Waals surface area contributed by atoms with Crippen molar-refractivity contribution in [3.63, 3.8) is 0 Å². The Kier molecular flexibility index (Phi) is 5.75. The van der Waals surface area contributed by atoms with Crippen LogP contribution in [0.3, 0.4) is 0 Å². The average molecular weight is 305 g/mol. The molecule has 1 amide bonds. The van der Waals surface area contributed by atoms with E-state index in [1.165, 1.54) is 10.9 Å². The van der Waals surface area contributed by atoms with Crippen molar-refractivity contribution in [1.82, 2.24) is 14.5 Å². The fourth-order valence-electron chi connectivity index (χ4n) is 3.19. The van der Waals surface area contributed by atoms with Gasteiger partial charge in [0.1, 0.15) is 6.54 Å². The van der Waals surface area contributed by atoms with Crippen LogP contribution < -0.4 is 5.56 Å². The number of unbranched alkanes of at least 4 members (excludes halogenated alkanes) is 1. The zero-order valence-electron chi connectivity index (χ0n) is 13.9. The molecule has 2 atom stereocenters. The monoisotopic (exact) mass is 305 g/mol. The quantitative estimate of drug-likeness (QED) is 0.837. The number of hydrogen-bond donors (Lipinski definition) is 0. The number of likely N-dealkylation sites (tertiary alicyclic amines) is 1. The molecule has 2 unspecified atom stereocenters. The number of carbonyl (C=O) groups excluding carboxylic acids is 1. The van der Waals surface area contributed by atoms with Crippen LogP contribution in [0.2, 0.25) is 0 Å². The van der Waals surface area contributed by atoms with E-state index in [4.69, 9.17) is 0 Å². The van der Waals surface area contributed by atoms with Crippen LogP contribution in [0.4, 0.5) is 0 Å². The van der Waals surface area contributed by atoms with E-state index in [-0.39, 0.29) is 18.0 Å². The van der Waals surface area contributed by atoms with Gasteiger partial charge in [0.2, 0.25) is 5.91 Å². The van der Waals surface area contributed by atoms with E-state index >= 15 is 0 Å². The van der Waals surface area contributed by atoms with Crippen molar-refractivity contribution in [3.8, 4) is 0 Å². The van der Waals surface area contributed by atoms with Crippen LogP contribution in [0.25, 0.3) is 0 Å². The molecule has 2 heterocycles. The van der Waals surface area contributed by atoms with Gasteiger partial charge in [-0.15, -0.1) is 0 Å². The maximum atomic E-state index is 12.4. The predicted molar refractivity (Wildman–Crippen MR) is 86.6 cm³/mol. The Labute approximate surface area is 132 Å². The van der Waals surface area contributed by atoms with Gasteiger partial charge >= 0.3 is 0 Å². The van der Waals surface area contributed by atoms with Gasteiger partial charge in [0.05, 0.1) is 6.33 Å². The zero-order valence-corrected chi connectivity index (χ0v) is 13.9. The van der Waals surface area contributed by atoms with Crippen LogP contribution in [-0.2, 0) is 17.8 Å². The maximum Gasteiger partial charge on any atom is 0.253 e. The summed E-state index contributed by atoms with van der Waals surface area (Å²) in [6.45, 7) is 8.14. The molecule has 0 radical (unpaired) electrons. The Morgan fingerprint density at radius 3 is 2.59 bits per heavy atom. The molecule has 1 aliphatic rings. The largest absolute Gasteiger partial charge is 0.341 e. The number of nitrogens with zero attached hydrogens (tertiary/aromatic N) is 3. The van der Waals surface area contributed by atoms with Crippen molar-refractivity contribution < 1.29 is 4.79 Å². The molecule has 1 aromatic heterocycles. The minimum atomic E-state index is -0.132. The van der Waals surface area contributed by atoms with Gasteiger partial charge in [-0.3, -0.25) is 14.2 Å². The Hall–Kier alpha value is -1.65. The summed E-state index contributed by atoms with van der Waals surface area (Å²) in [5.41, 5.74) is 0.684. The van der Waals surface area contributed by atoms with Gasteiger partial charge in [-0.25, -0.2) is 4.98 Å². The van der Waals surface area contributed by atoms with Crippen LogP contribution in [-0.4, -0.2) is 33.4 Å². The lowest BCUT2D eigenvalue weighted by Gasteiger charge is -2.35. The molecule has 1 aliphatic heterocycles. The molecular formula is C17H27N3O2. The van der Waals surface area contributed by atoms with Gasteiger partial charge in [0.15, 0.2) is 0 Å². The predicted octanol–water partition coefficient (Wildman–Crippen LogP) is 2.09. The van der Waals surface area contributed by atoms with Gasteiger partial charge < -0.3 is 4.90 Å². The van der Waals surface area contributed by atoms with Crippen molar-refractivity contribution in [3.05, 3.63) is 28.4 Å². The molecule has 122 valence electrons. The summed E-state index contributed by atoms with van der Waals surface area (Å²) in [6.07, 6.45) is 5.61. The topological polar surface area (TPSA) is 55.2 Å². The number of rotatable bonds is 5. The first-order chi connectivity index (χ1) is 10.5. The lowest BCUT2D eigenvalue weighted by molar-refractivity contribution is -0.134. The second kappa shape index (κ2) is 7.56. The summed E-state index contributed by atoms with van der Waals surface area (Å²) in [5, 5.41) is 0. The number of aryl methyl sites for hydroxylation is 1. The highest BCUT2D eigenvalue weighted by Gasteiger charge is 2.25. The highest BCUT2D eigenvalue weighted by molar-refractivity contribution is 5.76. The van der Waals surface area contributed by atoms with E-state index in [0.717, 1.165) is 44.5 Å². The van der Waals surface area contributed by atoms with Crippen LogP contribution in [0.5, 0.6) is 0 Å². The molecule has 1 fully saturated rings. The molecule has 2 rings (SSSR count). The molecule has 0 aromatic carbocycles. The zero-order chi connectivity index (χ0) is 16.1. The molecule has 0 saturated carbocycles. The number of piperidine rings is 1. The number of carbonyl (C=O) groups is 1. The van der Waals surface area contributed by atoms with Crippen LogP contribution >= 0.6 is 0 Å². The third-order valence-electron chi connectivity index (χ3n) is 4.25. The Morgan fingerprint density at radius 2 is 2.00 bits per heavy atom. The molecule has 0 spiro atoms. The third-order valence-corrected chi connectivity index (χ3v) is 4.25. The summed E-state index contributed by atoms with van der Waals surface area (Å²) >= 11 is 0. The summed E-state index contributed by atoms with van der Waals surface area (Å²) < 4.78 is 1.42. The van der Waals surface area contributed by atoms with Crippen molar-refractivity contribution in [2.24, 2.45) is 11.8 Å². The fourth-order valence-corrected chi connectivity index (χ4v) is 3.19. The van der Waals surface area contributed by atoms with E-state index in [1.807, 2.05) is 4.90 Å². The van der Waals surface area contributed by atoms with Crippen LogP contribution in [0.1, 0.15) is 45.7 Å². The molecule has 22 heavy (non-hydrogen) atoms. The molecule has 0 bridgehead atoms. The molecule has 5 nitrogen and oxygen atoms in total. The Morgan fingerprint density at radius 1 is 1.32 bits per heavy atom. The minimum absolute atomic E-state index is 0.0172. The van der Waals surface area contributed by atoms with Crippen LogP contribution in [0.15, 0.2) is 17.2 Å². The van der Waals surface area contributed by atoms with E-state index in [1.54, 1.807) is 6.07 Å². The first kappa shape index (κ1) is 16.7. The van der Waals surface area contributed by atoms with Crippen LogP contribution in [0, 0.1) is 11.8 Å². The first-order valence-corrected chi connectivity index (χ1v) is 8.32. The van der Waals surface area contributed by atoms with E-state index in [2.05, 4.69) is 25.8 Å². The Bertz CT molecular complexity index is 557. The van der Waals surface area contributed by atoms with Gasteiger partial charge in [0.25, 0.3) is 5.56 Å². The van der Waals surface area contributed by atoms with Gasteiger partial charge in [-0.05, 0) is 31.1 Å². The molecule has 0 N–H and O–H groups in total. The SMILES string of the molecule is CCCCc1cc(=O)n(CC(=O)N2CC(C)CC(C)C2)cn1. The third kappa shape index (κ3) is 4.42. The van der Waals surface area contributed by atoms with E-state index in [9.17, 15) is 9.59 Å². The van der Waals surface area contributed by atoms with E-state index < -0.39 is 0 Å². The highest BCUT2D eigenvalue weighted by Crippen LogP contribution is 2.21. The van der Waals surface area contributed by atoms with Gasteiger partial charge in [-0.2, -0.15) is 0 Å².